The molecule has 0 saturated carbocycles. The van der Waals surface area contributed by atoms with Gasteiger partial charge >= 0.3 is 0 Å². The number of nitrogens with one attached hydrogen (secondary N) is 2. The number of fused-ring (bicyclic) bond motifs is 5. The zero-order valence-corrected chi connectivity index (χ0v) is 20.0. The van der Waals surface area contributed by atoms with Crippen molar-refractivity contribution in [2.45, 2.75) is 25.6 Å². The third-order valence-electron chi connectivity index (χ3n) is 7.54. The van der Waals surface area contributed by atoms with E-state index < -0.39 is 0 Å². The molecule has 2 aromatic heterocycles. The summed E-state index contributed by atoms with van der Waals surface area (Å²) < 4.78 is 13.7. The lowest BCUT2D eigenvalue weighted by atomic mass is 10.1. The number of hydrogen-bond donors (Lipinski definition) is 2. The monoisotopic (exact) mass is 488 g/mol. The van der Waals surface area contributed by atoms with Crippen molar-refractivity contribution in [1.82, 2.24) is 29.5 Å². The molecule has 0 aliphatic carbocycles. The molecule has 6 bridgehead atoms. The van der Waals surface area contributed by atoms with Crippen LogP contribution < -0.4 is 15.9 Å². The van der Waals surface area contributed by atoms with Crippen LogP contribution in [0.3, 0.4) is 0 Å². The predicted octanol–water partition coefficient (Wildman–Crippen LogP) is 1.53. The Kier molecular flexibility index (Phi) is 5.19. The molecule has 4 aromatic rings. The van der Waals surface area contributed by atoms with Gasteiger partial charge in [-0.15, -0.1) is 0 Å². The highest BCUT2D eigenvalue weighted by Gasteiger charge is 2.26. The number of morpholine rings is 1. The van der Waals surface area contributed by atoms with Gasteiger partial charge in [0.1, 0.15) is 23.1 Å². The Hall–Kier alpha value is -3.47. The van der Waals surface area contributed by atoms with Crippen LogP contribution in [0.2, 0.25) is 0 Å². The van der Waals surface area contributed by atoms with Gasteiger partial charge in [0.05, 0.1) is 36.2 Å². The minimum Gasteiger partial charge on any atom is -0.487 e. The van der Waals surface area contributed by atoms with E-state index in [9.17, 15) is 9.59 Å². The van der Waals surface area contributed by atoms with Crippen molar-refractivity contribution in [1.29, 1.82) is 0 Å². The number of aromatic amines is 2. The Balaban J connectivity index is 1.42. The summed E-state index contributed by atoms with van der Waals surface area (Å²) in [6.45, 7) is 6.95. The van der Waals surface area contributed by atoms with Crippen molar-refractivity contribution < 1.29 is 9.47 Å². The maximum Gasteiger partial charge on any atom is 0.275 e. The predicted molar refractivity (Wildman–Crippen MR) is 135 cm³/mol. The number of benzene rings is 2. The van der Waals surface area contributed by atoms with Crippen LogP contribution in [-0.4, -0.2) is 81.6 Å². The van der Waals surface area contributed by atoms with Crippen LogP contribution >= 0.6 is 0 Å². The van der Waals surface area contributed by atoms with Gasteiger partial charge in [-0.2, -0.15) is 0 Å². The molecule has 0 amide bonds. The smallest absolute Gasteiger partial charge is 0.275 e. The molecular formula is C26H28N6O4. The van der Waals surface area contributed by atoms with Gasteiger partial charge in [-0.25, -0.2) is 4.98 Å². The lowest BCUT2D eigenvalue weighted by molar-refractivity contribution is 0.0341. The molecule has 36 heavy (non-hydrogen) atoms. The minimum atomic E-state index is -0.294. The van der Waals surface area contributed by atoms with Gasteiger partial charge in [-0.3, -0.25) is 29.2 Å². The first kappa shape index (κ1) is 21.8. The summed E-state index contributed by atoms with van der Waals surface area (Å²) >= 11 is 0. The van der Waals surface area contributed by atoms with Gasteiger partial charge in [0.2, 0.25) is 0 Å². The summed E-state index contributed by atoms with van der Waals surface area (Å²) in [4.78, 5) is 39.0. The molecule has 2 aromatic carbocycles. The fourth-order valence-corrected chi connectivity index (χ4v) is 5.66. The molecular weight excluding hydrogens is 460 g/mol. The Morgan fingerprint density at radius 3 is 2.83 bits per heavy atom. The van der Waals surface area contributed by atoms with Gasteiger partial charge in [0.25, 0.3) is 11.1 Å². The van der Waals surface area contributed by atoms with Crippen LogP contribution in [0.4, 0.5) is 0 Å². The normalized spacial score (nSPS) is 22.3. The van der Waals surface area contributed by atoms with E-state index in [0.717, 1.165) is 64.5 Å². The average molecular weight is 489 g/mol. The van der Waals surface area contributed by atoms with E-state index in [1.54, 1.807) is 16.8 Å². The summed E-state index contributed by atoms with van der Waals surface area (Å²) in [5.74, 6) is 0.690. The zero-order valence-electron chi connectivity index (χ0n) is 20.0. The first-order valence-corrected chi connectivity index (χ1v) is 12.6. The van der Waals surface area contributed by atoms with Crippen molar-refractivity contribution in [2.75, 3.05) is 45.9 Å². The van der Waals surface area contributed by atoms with Gasteiger partial charge in [0.15, 0.2) is 0 Å². The number of aromatic nitrogens is 4. The summed E-state index contributed by atoms with van der Waals surface area (Å²) in [5, 5.41) is 3.80. The van der Waals surface area contributed by atoms with Crippen molar-refractivity contribution in [3.05, 3.63) is 56.6 Å². The summed E-state index contributed by atoms with van der Waals surface area (Å²) in [6, 6.07) is 9.49. The molecule has 1 unspecified atom stereocenters. The number of hydrogen-bond acceptors (Lipinski definition) is 7. The quantitative estimate of drug-likeness (QED) is 0.441. The second-order valence-corrected chi connectivity index (χ2v) is 9.92. The maximum absolute atomic E-state index is 13.3. The molecule has 2 atom stereocenters. The first-order valence-electron chi connectivity index (χ1n) is 12.6. The van der Waals surface area contributed by atoms with E-state index in [4.69, 9.17) is 14.5 Å². The van der Waals surface area contributed by atoms with Crippen LogP contribution in [0.1, 0.15) is 12.0 Å². The number of para-hydroxylation sites is 1. The van der Waals surface area contributed by atoms with Crippen molar-refractivity contribution >= 4 is 21.9 Å². The second kappa shape index (κ2) is 8.58. The van der Waals surface area contributed by atoms with Gasteiger partial charge in [-0.1, -0.05) is 12.1 Å². The summed E-state index contributed by atoms with van der Waals surface area (Å²) in [6.07, 6.45) is 0.917. The summed E-state index contributed by atoms with van der Waals surface area (Å²) in [5.41, 5.74) is 3.49. The van der Waals surface area contributed by atoms with Gasteiger partial charge in [-0.05, 0) is 30.2 Å². The third-order valence-corrected chi connectivity index (χ3v) is 7.54. The fourth-order valence-electron chi connectivity index (χ4n) is 5.66. The SMILES string of the molecule is O=c1[nH]c2cc(CN3CCOCC3)cc3c2nc1-c1cccc2c(=O)n([nH]c12)CCN1CC[C@@H](C1)O3. The fraction of sp³-hybridized carbons (Fsp3) is 0.423. The first-order chi connectivity index (χ1) is 17.6. The highest BCUT2D eigenvalue weighted by atomic mass is 16.5. The Morgan fingerprint density at radius 2 is 1.94 bits per heavy atom. The molecule has 5 heterocycles. The number of nitrogens with zero attached hydrogens (tertiary/aromatic N) is 4. The van der Waals surface area contributed by atoms with E-state index in [-0.39, 0.29) is 22.9 Å². The topological polar surface area (TPSA) is 108 Å². The van der Waals surface area contributed by atoms with Gasteiger partial charge in [0, 0.05) is 44.8 Å². The third kappa shape index (κ3) is 3.73. The molecule has 3 aliphatic heterocycles. The van der Waals surface area contributed by atoms with Gasteiger partial charge < -0.3 is 14.5 Å². The van der Waals surface area contributed by atoms with Crippen LogP contribution in [0.25, 0.3) is 33.2 Å². The highest BCUT2D eigenvalue weighted by Crippen LogP contribution is 2.31. The lowest BCUT2D eigenvalue weighted by Crippen LogP contribution is -2.35. The number of H-pyrrole nitrogens is 2. The highest BCUT2D eigenvalue weighted by molar-refractivity contribution is 5.93. The van der Waals surface area contributed by atoms with Crippen molar-refractivity contribution in [3.63, 3.8) is 0 Å². The van der Waals surface area contributed by atoms with Crippen LogP contribution in [0.5, 0.6) is 5.75 Å². The molecule has 2 saturated heterocycles. The van der Waals surface area contributed by atoms with E-state index in [1.165, 1.54) is 0 Å². The van der Waals surface area contributed by atoms with E-state index >= 15 is 0 Å². The van der Waals surface area contributed by atoms with Crippen LogP contribution in [-0.2, 0) is 17.8 Å². The van der Waals surface area contributed by atoms with Crippen molar-refractivity contribution in [3.8, 4) is 17.0 Å². The van der Waals surface area contributed by atoms with E-state index in [0.29, 0.717) is 39.8 Å². The summed E-state index contributed by atoms with van der Waals surface area (Å²) in [7, 11) is 0. The lowest BCUT2D eigenvalue weighted by Gasteiger charge is -2.27. The largest absolute Gasteiger partial charge is 0.487 e. The number of ether oxygens (including phenoxy) is 2. The molecule has 3 aliphatic rings. The van der Waals surface area contributed by atoms with Crippen molar-refractivity contribution in [2.24, 2.45) is 0 Å². The number of rotatable bonds is 2. The molecule has 0 spiro atoms. The van der Waals surface area contributed by atoms with E-state index in [1.807, 2.05) is 12.1 Å². The average Bonchev–Trinajstić information content (AvgIpc) is 3.46. The molecule has 0 radical (unpaired) electrons. The Labute approximate surface area is 206 Å². The molecule has 2 fully saturated rings. The minimum absolute atomic E-state index is 0.0193. The second-order valence-electron chi connectivity index (χ2n) is 9.92. The molecule has 186 valence electrons. The molecule has 7 rings (SSSR count). The Morgan fingerprint density at radius 1 is 1.06 bits per heavy atom. The zero-order chi connectivity index (χ0) is 24.2. The standard InChI is InChI=1S/C26H28N6O4/c33-25-23-18-2-1-3-19-22(18)29-32(26(19)34)7-6-30-5-4-17(15-30)36-21-13-16(12-20(27-25)24(21)28-23)14-31-8-10-35-11-9-31/h1-3,12-13,17,29H,4-11,14-15H2,(H,27,33)/t17-/m0/s1. The molecule has 2 N–H and O–H groups in total. The molecule has 10 heteroatoms. The molecule has 10 nitrogen and oxygen atoms in total. The maximum atomic E-state index is 13.3. The van der Waals surface area contributed by atoms with Crippen LogP contribution in [0.15, 0.2) is 39.9 Å². The van der Waals surface area contributed by atoms with Crippen LogP contribution in [0, 0.1) is 0 Å². The van der Waals surface area contributed by atoms with E-state index in [2.05, 4.69) is 25.9 Å². The Bertz CT molecular complexity index is 1580.